The number of aryl methyl sites for hydroxylation is 1. The van der Waals surface area contributed by atoms with Crippen LogP contribution < -0.4 is 10.3 Å². The Kier molecular flexibility index (Phi) is 7.02. The summed E-state index contributed by atoms with van der Waals surface area (Å²) in [7, 11) is 1.64. The molecule has 10 heteroatoms. The summed E-state index contributed by atoms with van der Waals surface area (Å²) in [5, 5.41) is 11.0. The molecule has 0 fully saturated rings. The highest BCUT2D eigenvalue weighted by atomic mass is 35.5. The molecule has 0 atom stereocenters. The first-order chi connectivity index (χ1) is 15.1. The van der Waals surface area contributed by atoms with Crippen LogP contribution in [0.2, 0.25) is 10.0 Å². The second-order valence-electron chi connectivity index (χ2n) is 6.71. The number of hydrogen-bond acceptors (Lipinski definition) is 6. The fraction of sp³-hybridized carbons (Fsp3) is 0.286. The van der Waals surface area contributed by atoms with Gasteiger partial charge in [-0.25, -0.2) is 0 Å². The molecule has 0 aliphatic carbocycles. The van der Waals surface area contributed by atoms with Crippen LogP contribution in [0, 0.1) is 0 Å². The van der Waals surface area contributed by atoms with Crippen molar-refractivity contribution in [3.8, 4) is 5.75 Å². The number of benzene rings is 2. The van der Waals surface area contributed by atoms with Crippen molar-refractivity contribution in [3.05, 3.63) is 62.9 Å². The first kappa shape index (κ1) is 22.0. The predicted molar refractivity (Wildman–Crippen MR) is 124 cm³/mol. The summed E-state index contributed by atoms with van der Waals surface area (Å²) in [6.07, 6.45) is 0.702. The van der Waals surface area contributed by atoms with Gasteiger partial charge in [-0.2, -0.15) is 0 Å². The summed E-state index contributed by atoms with van der Waals surface area (Å²) in [6.45, 7) is 1.47. The molecule has 0 unspecified atom stereocenters. The number of thioether (sulfide) groups is 1. The molecule has 0 saturated carbocycles. The molecule has 2 aromatic heterocycles. The molecule has 0 bridgehead atoms. The van der Waals surface area contributed by atoms with Crippen molar-refractivity contribution in [2.45, 2.75) is 18.1 Å². The van der Waals surface area contributed by atoms with Crippen molar-refractivity contribution < 1.29 is 9.47 Å². The number of rotatable bonds is 9. The summed E-state index contributed by atoms with van der Waals surface area (Å²) in [5.41, 5.74) is 0.693. The fourth-order valence-corrected chi connectivity index (χ4v) is 4.36. The van der Waals surface area contributed by atoms with E-state index in [9.17, 15) is 4.79 Å². The van der Waals surface area contributed by atoms with Gasteiger partial charge in [-0.15, -0.1) is 10.2 Å². The Morgan fingerprint density at radius 2 is 1.94 bits per heavy atom. The minimum atomic E-state index is -0.0814. The van der Waals surface area contributed by atoms with Gasteiger partial charge < -0.3 is 9.47 Å². The molecular formula is C21H20Cl2N4O3S. The van der Waals surface area contributed by atoms with Crippen LogP contribution in [0.15, 0.2) is 52.4 Å². The lowest BCUT2D eigenvalue weighted by molar-refractivity contribution is 0.190. The minimum Gasteiger partial charge on any atom is -0.491 e. The zero-order valence-corrected chi connectivity index (χ0v) is 19.1. The van der Waals surface area contributed by atoms with Gasteiger partial charge in [-0.05, 0) is 30.7 Å². The molecule has 0 N–H and O–H groups in total. The first-order valence-corrected chi connectivity index (χ1v) is 11.4. The van der Waals surface area contributed by atoms with Crippen molar-refractivity contribution in [1.29, 1.82) is 0 Å². The molecule has 31 heavy (non-hydrogen) atoms. The van der Waals surface area contributed by atoms with Crippen LogP contribution >= 0.6 is 35.0 Å². The third-order valence-corrected chi connectivity index (χ3v) is 6.11. The normalized spacial score (nSPS) is 11.5. The number of fused-ring (bicyclic) bond motifs is 3. The molecule has 4 rings (SSSR count). The minimum absolute atomic E-state index is 0.0814. The Bertz CT molecular complexity index is 1270. The summed E-state index contributed by atoms with van der Waals surface area (Å²) < 4.78 is 14.5. The van der Waals surface area contributed by atoms with Gasteiger partial charge in [0.1, 0.15) is 5.75 Å². The van der Waals surface area contributed by atoms with E-state index in [0.29, 0.717) is 64.0 Å². The van der Waals surface area contributed by atoms with Crippen molar-refractivity contribution in [2.75, 3.05) is 26.1 Å². The van der Waals surface area contributed by atoms with E-state index in [1.807, 2.05) is 28.7 Å². The van der Waals surface area contributed by atoms with Crippen LogP contribution in [0.4, 0.5) is 0 Å². The van der Waals surface area contributed by atoms with Crippen LogP contribution in [0.3, 0.4) is 0 Å². The number of nitrogens with zero attached hydrogens (tertiary/aromatic N) is 4. The zero-order chi connectivity index (χ0) is 21.8. The highest BCUT2D eigenvalue weighted by molar-refractivity contribution is 7.99. The Balaban J connectivity index is 1.60. The van der Waals surface area contributed by atoms with Gasteiger partial charge in [0.2, 0.25) is 5.78 Å². The quantitative estimate of drug-likeness (QED) is 0.259. The van der Waals surface area contributed by atoms with E-state index in [2.05, 4.69) is 10.2 Å². The van der Waals surface area contributed by atoms with Gasteiger partial charge in [0.05, 0.1) is 22.5 Å². The summed E-state index contributed by atoms with van der Waals surface area (Å²) in [5.74, 6) is 1.67. The van der Waals surface area contributed by atoms with E-state index in [-0.39, 0.29) is 5.56 Å². The molecular weight excluding hydrogens is 459 g/mol. The molecule has 0 aliphatic heterocycles. The van der Waals surface area contributed by atoms with Crippen LogP contribution in [-0.2, 0) is 11.3 Å². The molecule has 2 aromatic carbocycles. The lowest BCUT2D eigenvalue weighted by Gasteiger charge is -2.11. The van der Waals surface area contributed by atoms with Crippen molar-refractivity contribution in [1.82, 2.24) is 19.2 Å². The van der Waals surface area contributed by atoms with Crippen LogP contribution in [0.1, 0.15) is 6.42 Å². The molecule has 7 nitrogen and oxygen atoms in total. The lowest BCUT2D eigenvalue weighted by Crippen LogP contribution is -2.24. The Morgan fingerprint density at radius 3 is 2.77 bits per heavy atom. The van der Waals surface area contributed by atoms with Crippen LogP contribution in [-0.4, -0.2) is 45.2 Å². The second kappa shape index (κ2) is 9.91. The standard InChI is InChI=1S/C21H20Cl2N4O3S/c1-29-10-4-9-26-19(28)15-5-2-3-6-17(15)27-20(26)24-25-21(27)31-12-11-30-18-13-14(22)7-8-16(18)23/h2-3,5-8,13H,4,9-12H2,1H3. The van der Waals surface area contributed by atoms with Gasteiger partial charge in [-0.3, -0.25) is 13.8 Å². The highest BCUT2D eigenvalue weighted by Gasteiger charge is 2.16. The first-order valence-electron chi connectivity index (χ1n) is 9.66. The monoisotopic (exact) mass is 478 g/mol. The van der Waals surface area contributed by atoms with Gasteiger partial charge in [-0.1, -0.05) is 47.1 Å². The number of ether oxygens (including phenoxy) is 2. The Morgan fingerprint density at radius 1 is 1.10 bits per heavy atom. The summed E-state index contributed by atoms with van der Waals surface area (Å²) in [4.78, 5) is 13.0. The summed E-state index contributed by atoms with van der Waals surface area (Å²) in [6, 6.07) is 12.6. The van der Waals surface area contributed by atoms with E-state index in [1.165, 1.54) is 11.8 Å². The third-order valence-electron chi connectivity index (χ3n) is 4.67. The van der Waals surface area contributed by atoms with E-state index >= 15 is 0 Å². The fourth-order valence-electron chi connectivity index (χ4n) is 3.27. The Labute approximate surface area is 192 Å². The van der Waals surface area contributed by atoms with Crippen LogP contribution in [0.25, 0.3) is 16.7 Å². The number of methoxy groups -OCH3 is 1. The van der Waals surface area contributed by atoms with E-state index in [1.54, 1.807) is 29.9 Å². The zero-order valence-electron chi connectivity index (χ0n) is 16.8. The van der Waals surface area contributed by atoms with Gasteiger partial charge in [0, 0.05) is 37.1 Å². The van der Waals surface area contributed by atoms with Gasteiger partial charge in [0.25, 0.3) is 5.56 Å². The van der Waals surface area contributed by atoms with Gasteiger partial charge >= 0.3 is 0 Å². The molecule has 0 saturated heterocycles. The smallest absolute Gasteiger partial charge is 0.262 e. The average molecular weight is 479 g/mol. The largest absolute Gasteiger partial charge is 0.491 e. The molecule has 0 spiro atoms. The molecule has 0 radical (unpaired) electrons. The number of aromatic nitrogens is 4. The molecule has 0 aliphatic rings. The number of hydrogen-bond donors (Lipinski definition) is 0. The van der Waals surface area contributed by atoms with Gasteiger partial charge in [0.15, 0.2) is 5.16 Å². The van der Waals surface area contributed by atoms with Crippen molar-refractivity contribution in [3.63, 3.8) is 0 Å². The SMILES string of the molecule is COCCCn1c(=O)c2ccccc2n2c(SCCOc3cc(Cl)ccc3Cl)nnc12. The van der Waals surface area contributed by atoms with Crippen LogP contribution in [0.5, 0.6) is 5.75 Å². The number of halogens is 2. The summed E-state index contributed by atoms with van der Waals surface area (Å²) >= 11 is 13.6. The molecule has 4 aromatic rings. The molecule has 0 amide bonds. The van der Waals surface area contributed by atoms with E-state index in [4.69, 9.17) is 32.7 Å². The average Bonchev–Trinajstić information content (AvgIpc) is 3.20. The molecule has 2 heterocycles. The maximum atomic E-state index is 13.0. The topological polar surface area (TPSA) is 70.7 Å². The third kappa shape index (κ3) is 4.67. The molecule has 162 valence electrons. The maximum absolute atomic E-state index is 13.0. The lowest BCUT2D eigenvalue weighted by atomic mass is 10.2. The van der Waals surface area contributed by atoms with Crippen molar-refractivity contribution in [2.24, 2.45) is 0 Å². The second-order valence-corrected chi connectivity index (χ2v) is 8.62. The van der Waals surface area contributed by atoms with E-state index in [0.717, 1.165) is 5.52 Å². The predicted octanol–water partition coefficient (Wildman–Crippen LogP) is 4.56. The Hall–Kier alpha value is -2.26. The maximum Gasteiger partial charge on any atom is 0.262 e. The highest BCUT2D eigenvalue weighted by Crippen LogP contribution is 2.28. The van der Waals surface area contributed by atoms with E-state index < -0.39 is 0 Å². The van der Waals surface area contributed by atoms with Crippen molar-refractivity contribution >= 4 is 51.6 Å². The number of para-hydroxylation sites is 1.